The number of carbonyl (C=O) groups excluding carboxylic acids is 1. The van der Waals surface area contributed by atoms with E-state index in [-0.39, 0.29) is 10.7 Å². The zero-order chi connectivity index (χ0) is 9.84. The van der Waals surface area contributed by atoms with E-state index in [2.05, 4.69) is 21.2 Å². The van der Waals surface area contributed by atoms with Gasteiger partial charge in [-0.05, 0) is 31.5 Å². The number of hydrogen-bond acceptors (Lipinski definition) is 1. The lowest BCUT2D eigenvalue weighted by molar-refractivity contribution is -0.115. The molecule has 0 aliphatic heterocycles. The highest BCUT2D eigenvalue weighted by Crippen LogP contribution is 2.11. The average molecular weight is 242 g/mol. The summed E-state index contributed by atoms with van der Waals surface area (Å²) in [6, 6.07) is 7.73. The second-order valence-corrected chi connectivity index (χ2v) is 4.35. The van der Waals surface area contributed by atoms with Gasteiger partial charge < -0.3 is 5.32 Å². The standard InChI is InChI=1S/C10H12BrNO/c1-7-4-3-5-9(6-7)12-10(13)8(2)11/h3-6,8H,1-2H3,(H,12,13)/t8-/m0/s1. The van der Waals surface area contributed by atoms with Crippen LogP contribution in [0.25, 0.3) is 0 Å². The fraction of sp³-hybridized carbons (Fsp3) is 0.300. The van der Waals surface area contributed by atoms with Gasteiger partial charge in [-0.1, -0.05) is 28.1 Å². The molecule has 0 aliphatic carbocycles. The summed E-state index contributed by atoms with van der Waals surface area (Å²) in [5.41, 5.74) is 1.98. The maximum absolute atomic E-state index is 11.3. The summed E-state index contributed by atoms with van der Waals surface area (Å²) < 4.78 is 0. The van der Waals surface area contributed by atoms with E-state index in [0.29, 0.717) is 0 Å². The van der Waals surface area contributed by atoms with Crippen LogP contribution < -0.4 is 5.32 Å². The number of amides is 1. The van der Waals surface area contributed by atoms with Crippen LogP contribution >= 0.6 is 15.9 Å². The first-order valence-electron chi connectivity index (χ1n) is 4.11. The van der Waals surface area contributed by atoms with Crippen molar-refractivity contribution in [2.45, 2.75) is 18.7 Å². The Morgan fingerprint density at radius 2 is 2.23 bits per heavy atom. The third-order valence-electron chi connectivity index (χ3n) is 1.65. The maximum atomic E-state index is 11.3. The summed E-state index contributed by atoms with van der Waals surface area (Å²) in [5, 5.41) is 2.80. The molecule has 1 aromatic rings. The molecule has 1 N–H and O–H groups in total. The Kier molecular flexibility index (Phi) is 3.48. The molecule has 1 aromatic carbocycles. The first-order chi connectivity index (χ1) is 6.09. The van der Waals surface area contributed by atoms with Crippen LogP contribution in [0.1, 0.15) is 12.5 Å². The van der Waals surface area contributed by atoms with Crippen molar-refractivity contribution in [3.8, 4) is 0 Å². The van der Waals surface area contributed by atoms with Gasteiger partial charge in [-0.15, -0.1) is 0 Å². The molecule has 0 heterocycles. The second kappa shape index (κ2) is 4.42. The molecular formula is C10H12BrNO. The molecule has 0 aliphatic rings. The Bertz CT molecular complexity index is 310. The van der Waals surface area contributed by atoms with Crippen LogP contribution in [-0.2, 0) is 4.79 Å². The molecule has 0 aromatic heterocycles. The predicted molar refractivity (Wildman–Crippen MR) is 58.2 cm³/mol. The molecule has 0 spiro atoms. The number of rotatable bonds is 2. The molecule has 0 saturated carbocycles. The largest absolute Gasteiger partial charge is 0.325 e. The van der Waals surface area contributed by atoms with Gasteiger partial charge in [-0.3, -0.25) is 4.79 Å². The van der Waals surface area contributed by atoms with Crippen LogP contribution in [0.4, 0.5) is 5.69 Å². The molecule has 0 fully saturated rings. The van der Waals surface area contributed by atoms with Crippen molar-refractivity contribution < 1.29 is 4.79 Å². The van der Waals surface area contributed by atoms with Crippen LogP contribution in [-0.4, -0.2) is 10.7 Å². The molecule has 1 rings (SSSR count). The zero-order valence-electron chi connectivity index (χ0n) is 7.67. The minimum atomic E-state index is -0.159. The molecule has 70 valence electrons. The highest BCUT2D eigenvalue weighted by Gasteiger charge is 2.07. The van der Waals surface area contributed by atoms with E-state index in [9.17, 15) is 4.79 Å². The molecule has 13 heavy (non-hydrogen) atoms. The molecule has 1 amide bonds. The number of nitrogens with one attached hydrogen (secondary N) is 1. The fourth-order valence-electron chi connectivity index (χ4n) is 0.965. The lowest BCUT2D eigenvalue weighted by atomic mass is 10.2. The summed E-state index contributed by atoms with van der Waals surface area (Å²) in [5.74, 6) is -0.0226. The third-order valence-corrected chi connectivity index (χ3v) is 2.06. The van der Waals surface area contributed by atoms with E-state index in [1.807, 2.05) is 31.2 Å². The minimum Gasteiger partial charge on any atom is -0.325 e. The monoisotopic (exact) mass is 241 g/mol. The van der Waals surface area contributed by atoms with Crippen molar-refractivity contribution in [3.05, 3.63) is 29.8 Å². The van der Waals surface area contributed by atoms with Crippen molar-refractivity contribution in [1.82, 2.24) is 0 Å². The summed E-state index contributed by atoms with van der Waals surface area (Å²) >= 11 is 3.20. The molecule has 0 bridgehead atoms. The molecule has 0 radical (unpaired) electrons. The minimum absolute atomic E-state index is 0.0226. The highest BCUT2D eigenvalue weighted by molar-refractivity contribution is 9.10. The Balaban J connectivity index is 2.69. The van der Waals surface area contributed by atoms with Gasteiger partial charge in [0.2, 0.25) is 5.91 Å². The SMILES string of the molecule is Cc1cccc(NC(=O)[C@H](C)Br)c1. The zero-order valence-corrected chi connectivity index (χ0v) is 9.26. The van der Waals surface area contributed by atoms with Gasteiger partial charge in [-0.25, -0.2) is 0 Å². The first kappa shape index (κ1) is 10.3. The predicted octanol–water partition coefficient (Wildman–Crippen LogP) is 2.72. The normalized spacial score (nSPS) is 12.2. The van der Waals surface area contributed by atoms with Crippen molar-refractivity contribution in [1.29, 1.82) is 0 Å². The van der Waals surface area contributed by atoms with Gasteiger partial charge in [0.1, 0.15) is 0 Å². The smallest absolute Gasteiger partial charge is 0.237 e. The Morgan fingerprint density at radius 1 is 1.54 bits per heavy atom. The number of hydrogen-bond donors (Lipinski definition) is 1. The van der Waals surface area contributed by atoms with E-state index >= 15 is 0 Å². The lowest BCUT2D eigenvalue weighted by Gasteiger charge is -2.06. The van der Waals surface area contributed by atoms with Crippen LogP contribution in [0, 0.1) is 6.92 Å². The second-order valence-electron chi connectivity index (χ2n) is 2.97. The average Bonchev–Trinajstić information content (AvgIpc) is 2.04. The van der Waals surface area contributed by atoms with Crippen molar-refractivity contribution in [3.63, 3.8) is 0 Å². The third kappa shape index (κ3) is 3.19. The summed E-state index contributed by atoms with van der Waals surface area (Å²) in [6.07, 6.45) is 0. The van der Waals surface area contributed by atoms with Crippen molar-refractivity contribution in [2.75, 3.05) is 5.32 Å². The number of benzene rings is 1. The van der Waals surface area contributed by atoms with Crippen LogP contribution in [0.15, 0.2) is 24.3 Å². The van der Waals surface area contributed by atoms with Gasteiger partial charge >= 0.3 is 0 Å². The summed E-state index contributed by atoms with van der Waals surface area (Å²) in [6.45, 7) is 3.79. The van der Waals surface area contributed by atoms with E-state index in [0.717, 1.165) is 11.3 Å². The molecule has 2 nitrogen and oxygen atoms in total. The highest BCUT2D eigenvalue weighted by atomic mass is 79.9. The van der Waals surface area contributed by atoms with E-state index in [1.54, 1.807) is 6.92 Å². The number of aryl methyl sites for hydroxylation is 1. The summed E-state index contributed by atoms with van der Waals surface area (Å²) in [7, 11) is 0. The van der Waals surface area contributed by atoms with Crippen LogP contribution in [0.2, 0.25) is 0 Å². The van der Waals surface area contributed by atoms with Crippen LogP contribution in [0.3, 0.4) is 0 Å². The van der Waals surface area contributed by atoms with Crippen molar-refractivity contribution in [2.24, 2.45) is 0 Å². The Morgan fingerprint density at radius 3 is 2.77 bits per heavy atom. The molecule has 1 atom stereocenters. The number of anilines is 1. The van der Waals surface area contributed by atoms with E-state index < -0.39 is 0 Å². The summed E-state index contributed by atoms with van der Waals surface area (Å²) in [4.78, 5) is 11.1. The lowest BCUT2D eigenvalue weighted by Crippen LogP contribution is -2.19. The van der Waals surface area contributed by atoms with Crippen molar-refractivity contribution >= 4 is 27.5 Å². The van der Waals surface area contributed by atoms with Gasteiger partial charge in [0.05, 0.1) is 4.83 Å². The van der Waals surface area contributed by atoms with Gasteiger partial charge in [0.15, 0.2) is 0 Å². The van der Waals surface area contributed by atoms with Gasteiger partial charge in [0, 0.05) is 5.69 Å². The molecule has 3 heteroatoms. The quantitative estimate of drug-likeness (QED) is 0.793. The Hall–Kier alpha value is -0.830. The maximum Gasteiger partial charge on any atom is 0.237 e. The van der Waals surface area contributed by atoms with Crippen LogP contribution in [0.5, 0.6) is 0 Å². The van der Waals surface area contributed by atoms with E-state index in [4.69, 9.17) is 0 Å². The Labute approximate surface area is 86.5 Å². The number of halogens is 1. The van der Waals surface area contributed by atoms with E-state index in [1.165, 1.54) is 0 Å². The van der Waals surface area contributed by atoms with Gasteiger partial charge in [0.25, 0.3) is 0 Å². The number of carbonyl (C=O) groups is 1. The molecule has 0 unspecified atom stereocenters. The van der Waals surface area contributed by atoms with Gasteiger partial charge in [-0.2, -0.15) is 0 Å². The first-order valence-corrected chi connectivity index (χ1v) is 5.03. The molecule has 0 saturated heterocycles. The fourth-order valence-corrected chi connectivity index (χ4v) is 1.08. The topological polar surface area (TPSA) is 29.1 Å². The number of alkyl halides is 1. The molecular weight excluding hydrogens is 230 g/mol.